The third-order valence-corrected chi connectivity index (χ3v) is 5.59. The Kier molecular flexibility index (Phi) is 3.10. The minimum Gasteiger partial charge on any atom is -0.379 e. The number of aromatic amines is 1. The van der Waals surface area contributed by atoms with Gasteiger partial charge < -0.3 is 9.30 Å². The molecule has 4 nitrogen and oxygen atoms in total. The van der Waals surface area contributed by atoms with Gasteiger partial charge in [0.1, 0.15) is 5.82 Å². The number of benzene rings is 2. The Bertz CT molecular complexity index is 1170. The van der Waals surface area contributed by atoms with E-state index in [-0.39, 0.29) is 11.2 Å². The van der Waals surface area contributed by atoms with Crippen LogP contribution in [0.25, 0.3) is 27.5 Å². The summed E-state index contributed by atoms with van der Waals surface area (Å²) in [6.45, 7) is 7.60. The smallest absolute Gasteiger partial charge is 0.126 e. The Hall–Kier alpha value is -2.66. The Morgan fingerprint density at radius 3 is 2.69 bits per heavy atom. The lowest BCUT2D eigenvalue weighted by Crippen LogP contribution is -2.45. The summed E-state index contributed by atoms with van der Waals surface area (Å²) in [6, 6.07) is 9.64. The number of rotatable bonds is 2. The molecule has 1 saturated heterocycles. The van der Waals surface area contributed by atoms with Crippen LogP contribution in [0.5, 0.6) is 0 Å². The third-order valence-electron chi connectivity index (χ3n) is 5.59. The fourth-order valence-corrected chi connectivity index (χ4v) is 4.18. The van der Waals surface area contributed by atoms with Gasteiger partial charge in [-0.3, -0.25) is 5.10 Å². The van der Waals surface area contributed by atoms with Crippen molar-refractivity contribution in [2.75, 3.05) is 13.2 Å². The number of hydrogen-bond acceptors (Lipinski definition) is 2. The maximum absolute atomic E-state index is 13.9. The number of aromatic nitrogens is 3. The second-order valence-corrected chi connectivity index (χ2v) is 7.62. The molecule has 0 aliphatic carbocycles. The average molecular weight is 349 g/mol. The molecular weight excluding hydrogens is 329 g/mol. The number of nitrogens with zero attached hydrogens (tertiary/aromatic N) is 2. The lowest BCUT2D eigenvalue weighted by Gasteiger charge is -2.39. The summed E-state index contributed by atoms with van der Waals surface area (Å²) >= 11 is 0. The van der Waals surface area contributed by atoms with Gasteiger partial charge >= 0.3 is 0 Å². The van der Waals surface area contributed by atoms with Crippen LogP contribution in [0.15, 0.2) is 36.5 Å². The van der Waals surface area contributed by atoms with Crippen LogP contribution in [0.3, 0.4) is 0 Å². The normalized spacial score (nSPS) is 16.3. The highest BCUT2D eigenvalue weighted by Crippen LogP contribution is 2.41. The van der Waals surface area contributed by atoms with Crippen molar-refractivity contribution in [2.45, 2.75) is 26.2 Å². The number of aryl methyl sites for hydroxylation is 2. The number of hydrogen-bond donors (Lipinski definition) is 1. The first-order chi connectivity index (χ1) is 12.5. The van der Waals surface area contributed by atoms with Crippen LogP contribution in [-0.2, 0) is 10.2 Å². The van der Waals surface area contributed by atoms with E-state index in [2.05, 4.69) is 40.7 Å². The number of nitrogens with one attached hydrogen (secondary N) is 1. The van der Waals surface area contributed by atoms with Gasteiger partial charge in [-0.25, -0.2) is 4.39 Å². The van der Waals surface area contributed by atoms with E-state index in [0.29, 0.717) is 18.8 Å². The molecule has 2 aromatic carbocycles. The zero-order chi connectivity index (χ0) is 18.1. The summed E-state index contributed by atoms with van der Waals surface area (Å²) in [4.78, 5) is 0. The molecule has 4 aromatic rings. The fourth-order valence-electron chi connectivity index (χ4n) is 4.18. The van der Waals surface area contributed by atoms with Crippen molar-refractivity contribution in [3.63, 3.8) is 0 Å². The summed E-state index contributed by atoms with van der Waals surface area (Å²) in [5.74, 6) is -0.182. The molecule has 0 bridgehead atoms. The molecular formula is C21H20FN3O. The Balaban J connectivity index is 1.91. The van der Waals surface area contributed by atoms with Gasteiger partial charge in [0.25, 0.3) is 0 Å². The van der Waals surface area contributed by atoms with E-state index in [0.717, 1.165) is 22.1 Å². The predicted molar refractivity (Wildman–Crippen MR) is 101 cm³/mol. The van der Waals surface area contributed by atoms with Crippen molar-refractivity contribution >= 4 is 21.8 Å². The van der Waals surface area contributed by atoms with Crippen LogP contribution in [-0.4, -0.2) is 28.0 Å². The summed E-state index contributed by atoms with van der Waals surface area (Å²) in [7, 11) is 0. The second-order valence-electron chi connectivity index (χ2n) is 7.62. The first kappa shape index (κ1) is 15.6. The van der Waals surface area contributed by atoms with E-state index in [1.165, 1.54) is 16.6 Å². The summed E-state index contributed by atoms with van der Waals surface area (Å²) in [5.41, 5.74) is 6.20. The lowest BCUT2D eigenvalue weighted by atomic mass is 9.82. The van der Waals surface area contributed by atoms with Crippen LogP contribution in [0.2, 0.25) is 0 Å². The topological polar surface area (TPSA) is 42.8 Å². The molecule has 2 aromatic heterocycles. The number of fused-ring (bicyclic) bond motifs is 2. The maximum atomic E-state index is 13.9. The summed E-state index contributed by atoms with van der Waals surface area (Å²) in [5, 5.41) is 9.47. The maximum Gasteiger partial charge on any atom is 0.126 e. The molecule has 1 fully saturated rings. The fraction of sp³-hybridized carbons (Fsp3) is 0.286. The van der Waals surface area contributed by atoms with Crippen LogP contribution in [0.4, 0.5) is 4.39 Å². The van der Waals surface area contributed by atoms with Crippen LogP contribution in [0, 0.1) is 19.7 Å². The molecule has 0 spiro atoms. The summed E-state index contributed by atoms with van der Waals surface area (Å²) < 4.78 is 21.7. The van der Waals surface area contributed by atoms with Crippen LogP contribution >= 0.6 is 0 Å². The molecule has 132 valence electrons. The SMILES string of the molecule is Cc1cc(-n2c(C3(C)COC3)c(C)c3cc4[nH]ncc4cc32)ccc1F. The van der Waals surface area contributed by atoms with Crippen molar-refractivity contribution in [2.24, 2.45) is 0 Å². The van der Waals surface area contributed by atoms with Gasteiger partial charge in [0.2, 0.25) is 0 Å². The zero-order valence-electron chi connectivity index (χ0n) is 15.1. The molecule has 0 saturated carbocycles. The van der Waals surface area contributed by atoms with Gasteiger partial charge in [-0.05, 0) is 62.2 Å². The van der Waals surface area contributed by atoms with Crippen LogP contribution in [0.1, 0.15) is 23.7 Å². The quantitative estimate of drug-likeness (QED) is 0.577. The highest BCUT2D eigenvalue weighted by atomic mass is 19.1. The van der Waals surface area contributed by atoms with Crippen LogP contribution < -0.4 is 0 Å². The van der Waals surface area contributed by atoms with Gasteiger partial charge in [0, 0.05) is 22.2 Å². The molecule has 1 aliphatic heterocycles. The zero-order valence-corrected chi connectivity index (χ0v) is 15.1. The van der Waals surface area contributed by atoms with Crippen molar-refractivity contribution in [1.82, 2.24) is 14.8 Å². The van der Waals surface area contributed by atoms with E-state index < -0.39 is 0 Å². The first-order valence-corrected chi connectivity index (χ1v) is 8.81. The van der Waals surface area contributed by atoms with E-state index in [9.17, 15) is 4.39 Å². The molecule has 3 heterocycles. The Morgan fingerprint density at radius 2 is 2.00 bits per heavy atom. The number of ether oxygens (including phenoxy) is 1. The summed E-state index contributed by atoms with van der Waals surface area (Å²) in [6.07, 6.45) is 1.84. The minimum atomic E-state index is -0.182. The van der Waals surface area contributed by atoms with Crippen molar-refractivity contribution in [3.8, 4) is 5.69 Å². The van der Waals surface area contributed by atoms with E-state index in [1.54, 1.807) is 13.0 Å². The van der Waals surface area contributed by atoms with Crippen molar-refractivity contribution in [3.05, 3.63) is 59.2 Å². The first-order valence-electron chi connectivity index (χ1n) is 8.81. The molecule has 1 aliphatic rings. The Morgan fingerprint density at radius 1 is 1.19 bits per heavy atom. The molecule has 26 heavy (non-hydrogen) atoms. The van der Waals surface area contributed by atoms with Gasteiger partial charge in [0.05, 0.1) is 35.9 Å². The molecule has 0 radical (unpaired) electrons. The highest BCUT2D eigenvalue weighted by molar-refractivity contribution is 5.98. The highest BCUT2D eigenvalue weighted by Gasteiger charge is 2.40. The lowest BCUT2D eigenvalue weighted by molar-refractivity contribution is -0.0529. The van der Waals surface area contributed by atoms with E-state index in [1.807, 2.05) is 18.3 Å². The standard InChI is InChI=1S/C21H20FN3O/c1-12-6-15(4-5-17(12)22)25-19-7-14-9-23-24-18(14)8-16(19)13(2)20(25)21(3)10-26-11-21/h4-9H,10-11H2,1-3H3,(H,23,24). The van der Waals surface area contributed by atoms with Gasteiger partial charge in [0.15, 0.2) is 0 Å². The minimum absolute atomic E-state index is 0.0443. The molecule has 0 atom stereocenters. The van der Waals surface area contributed by atoms with E-state index >= 15 is 0 Å². The molecule has 0 unspecified atom stereocenters. The van der Waals surface area contributed by atoms with Gasteiger partial charge in [-0.15, -0.1) is 0 Å². The van der Waals surface area contributed by atoms with Gasteiger partial charge in [-0.1, -0.05) is 0 Å². The number of H-pyrrole nitrogens is 1. The Labute approximate surface area is 150 Å². The van der Waals surface area contributed by atoms with Crippen molar-refractivity contribution < 1.29 is 9.13 Å². The number of halogens is 1. The predicted octanol–water partition coefficient (Wildman–Crippen LogP) is 4.55. The molecule has 5 heteroatoms. The van der Waals surface area contributed by atoms with E-state index in [4.69, 9.17) is 4.74 Å². The molecule has 5 rings (SSSR count). The third kappa shape index (κ3) is 2.01. The second kappa shape index (κ2) is 5.17. The largest absolute Gasteiger partial charge is 0.379 e. The monoisotopic (exact) mass is 349 g/mol. The molecule has 0 amide bonds. The average Bonchev–Trinajstić information content (AvgIpc) is 3.16. The molecule has 1 N–H and O–H groups in total. The van der Waals surface area contributed by atoms with Crippen molar-refractivity contribution in [1.29, 1.82) is 0 Å². The van der Waals surface area contributed by atoms with Gasteiger partial charge in [-0.2, -0.15) is 5.10 Å².